The highest BCUT2D eigenvalue weighted by atomic mass is 79.9. The molecule has 2 saturated heterocycles. The van der Waals surface area contributed by atoms with Crippen molar-refractivity contribution in [3.05, 3.63) is 34.3 Å². The highest BCUT2D eigenvalue weighted by molar-refractivity contribution is 9.10. The standard InChI is InChI=1S/C20H27BrN2O3.ClH/c1-22(19(24)15-6-8-16(21)9-7-15)17-5-4-10-20(25-13-14-26-20)18(17)23-11-2-3-12-23;/h6-9,17-18H,2-5,10-14H2,1H3;1H/t17-,18+;/m1./s1. The molecule has 2 atom stereocenters. The zero-order chi connectivity index (χ0) is 18.1. The zero-order valence-corrected chi connectivity index (χ0v) is 18.1. The summed E-state index contributed by atoms with van der Waals surface area (Å²) >= 11 is 3.44. The average Bonchev–Trinajstić information content (AvgIpc) is 3.34. The largest absolute Gasteiger partial charge is 0.346 e. The maximum absolute atomic E-state index is 13.1. The van der Waals surface area contributed by atoms with Crippen molar-refractivity contribution >= 4 is 34.2 Å². The molecule has 2 heterocycles. The molecule has 1 saturated carbocycles. The SMILES string of the molecule is CN(C(=O)c1ccc(Br)cc1)[C@@H]1CCCC2(OCCO2)[C@H]1N1CCCC1.Cl. The van der Waals surface area contributed by atoms with Gasteiger partial charge >= 0.3 is 0 Å². The van der Waals surface area contributed by atoms with E-state index in [1.807, 2.05) is 36.2 Å². The highest BCUT2D eigenvalue weighted by Gasteiger charge is 2.54. The number of likely N-dealkylation sites (tertiary alicyclic amines) is 1. The summed E-state index contributed by atoms with van der Waals surface area (Å²) in [6.45, 7) is 3.44. The van der Waals surface area contributed by atoms with Crippen LogP contribution in [0.5, 0.6) is 0 Å². The van der Waals surface area contributed by atoms with E-state index in [9.17, 15) is 4.79 Å². The summed E-state index contributed by atoms with van der Waals surface area (Å²) in [5, 5.41) is 0. The lowest BCUT2D eigenvalue weighted by Gasteiger charge is -2.50. The molecule has 2 aliphatic heterocycles. The third kappa shape index (κ3) is 4.06. The summed E-state index contributed by atoms with van der Waals surface area (Å²) < 4.78 is 13.3. The lowest BCUT2D eigenvalue weighted by Crippen LogP contribution is -2.65. The van der Waals surface area contributed by atoms with Crippen molar-refractivity contribution in [2.45, 2.75) is 50.0 Å². The molecule has 3 aliphatic rings. The Morgan fingerprint density at radius 2 is 1.78 bits per heavy atom. The Bertz CT molecular complexity index is 645. The third-order valence-electron chi connectivity index (χ3n) is 6.06. The predicted molar refractivity (Wildman–Crippen MR) is 110 cm³/mol. The average molecular weight is 460 g/mol. The summed E-state index contributed by atoms with van der Waals surface area (Å²) in [5.74, 6) is -0.469. The van der Waals surface area contributed by atoms with Crippen molar-refractivity contribution in [3.63, 3.8) is 0 Å². The van der Waals surface area contributed by atoms with Crippen molar-refractivity contribution in [1.29, 1.82) is 0 Å². The number of halogens is 2. The summed E-state index contributed by atoms with van der Waals surface area (Å²) in [4.78, 5) is 17.6. The molecular formula is C20H28BrClN2O3. The molecule has 1 spiro atoms. The lowest BCUT2D eigenvalue weighted by atomic mass is 9.82. The van der Waals surface area contributed by atoms with E-state index < -0.39 is 5.79 Å². The van der Waals surface area contributed by atoms with Gasteiger partial charge in [-0.05, 0) is 63.0 Å². The van der Waals surface area contributed by atoms with Crippen molar-refractivity contribution in [2.75, 3.05) is 33.4 Å². The van der Waals surface area contributed by atoms with Crippen LogP contribution in [0.2, 0.25) is 0 Å². The van der Waals surface area contributed by atoms with Crippen LogP contribution in [-0.2, 0) is 9.47 Å². The van der Waals surface area contributed by atoms with Crippen molar-refractivity contribution < 1.29 is 14.3 Å². The van der Waals surface area contributed by atoms with E-state index in [0.29, 0.717) is 13.2 Å². The molecule has 1 aliphatic carbocycles. The van der Waals surface area contributed by atoms with Gasteiger partial charge in [0.15, 0.2) is 5.79 Å². The van der Waals surface area contributed by atoms with Crippen molar-refractivity contribution in [3.8, 4) is 0 Å². The van der Waals surface area contributed by atoms with Gasteiger partial charge in [-0.15, -0.1) is 12.4 Å². The zero-order valence-electron chi connectivity index (χ0n) is 15.7. The van der Waals surface area contributed by atoms with E-state index >= 15 is 0 Å². The highest BCUT2D eigenvalue weighted by Crippen LogP contribution is 2.41. The van der Waals surface area contributed by atoms with Gasteiger partial charge in [0.2, 0.25) is 0 Å². The van der Waals surface area contributed by atoms with Crippen LogP contribution in [0.15, 0.2) is 28.7 Å². The minimum atomic E-state index is -0.540. The Kier molecular flexibility index (Phi) is 6.85. The molecule has 0 unspecified atom stereocenters. The smallest absolute Gasteiger partial charge is 0.253 e. The Morgan fingerprint density at radius 1 is 1.15 bits per heavy atom. The molecule has 150 valence electrons. The van der Waals surface area contributed by atoms with E-state index in [2.05, 4.69) is 20.8 Å². The normalized spacial score (nSPS) is 27.5. The number of amides is 1. The first-order valence-corrected chi connectivity index (χ1v) is 10.4. The summed E-state index contributed by atoms with van der Waals surface area (Å²) in [5.41, 5.74) is 0.726. The molecule has 0 N–H and O–H groups in total. The maximum atomic E-state index is 13.1. The molecule has 1 aromatic rings. The second-order valence-corrected chi connectivity index (χ2v) is 8.49. The van der Waals surface area contributed by atoms with Gasteiger partial charge in [0.1, 0.15) is 0 Å². The monoisotopic (exact) mass is 458 g/mol. The summed E-state index contributed by atoms with van der Waals surface area (Å²) in [7, 11) is 1.94. The number of carbonyl (C=O) groups excluding carboxylic acids is 1. The number of nitrogens with zero attached hydrogens (tertiary/aromatic N) is 2. The lowest BCUT2D eigenvalue weighted by molar-refractivity contribution is -0.228. The molecule has 1 amide bonds. The van der Waals surface area contributed by atoms with Gasteiger partial charge in [-0.25, -0.2) is 0 Å². The van der Waals surface area contributed by atoms with Crippen LogP contribution in [0.25, 0.3) is 0 Å². The minimum Gasteiger partial charge on any atom is -0.346 e. The van der Waals surface area contributed by atoms with E-state index in [0.717, 1.165) is 42.4 Å². The van der Waals surface area contributed by atoms with Crippen LogP contribution in [0.1, 0.15) is 42.5 Å². The van der Waals surface area contributed by atoms with Gasteiger partial charge in [0.25, 0.3) is 5.91 Å². The predicted octanol–water partition coefficient (Wildman–Crippen LogP) is 3.70. The molecule has 7 heteroatoms. The number of benzene rings is 1. The first-order valence-electron chi connectivity index (χ1n) is 9.65. The van der Waals surface area contributed by atoms with Crippen LogP contribution in [-0.4, -0.2) is 66.9 Å². The summed E-state index contributed by atoms with van der Waals surface area (Å²) in [6.07, 6.45) is 5.36. The molecule has 1 aromatic carbocycles. The van der Waals surface area contributed by atoms with Gasteiger partial charge in [0.05, 0.1) is 25.3 Å². The van der Waals surface area contributed by atoms with Crippen LogP contribution in [0.3, 0.4) is 0 Å². The Labute approximate surface area is 175 Å². The molecule has 4 rings (SSSR count). The Morgan fingerprint density at radius 3 is 2.41 bits per heavy atom. The first-order chi connectivity index (χ1) is 12.6. The van der Waals surface area contributed by atoms with Gasteiger partial charge in [-0.3, -0.25) is 9.69 Å². The fourth-order valence-electron chi connectivity index (χ4n) is 4.84. The van der Waals surface area contributed by atoms with E-state index in [-0.39, 0.29) is 30.4 Å². The molecular weight excluding hydrogens is 432 g/mol. The molecule has 0 aromatic heterocycles. The van der Waals surface area contributed by atoms with Crippen molar-refractivity contribution in [1.82, 2.24) is 9.80 Å². The van der Waals surface area contributed by atoms with Crippen LogP contribution in [0, 0.1) is 0 Å². The van der Waals surface area contributed by atoms with Gasteiger partial charge in [0, 0.05) is 23.5 Å². The number of hydrogen-bond acceptors (Lipinski definition) is 4. The Hall–Kier alpha value is -0.660. The molecule has 5 nitrogen and oxygen atoms in total. The second kappa shape index (κ2) is 8.78. The van der Waals surface area contributed by atoms with Gasteiger partial charge < -0.3 is 14.4 Å². The number of carbonyl (C=O) groups is 1. The van der Waals surface area contributed by atoms with Crippen LogP contribution in [0.4, 0.5) is 0 Å². The first kappa shape index (κ1) is 21.1. The fourth-order valence-corrected chi connectivity index (χ4v) is 5.10. The topological polar surface area (TPSA) is 42.0 Å². The minimum absolute atomic E-state index is 0. The Balaban J connectivity index is 0.00000210. The maximum Gasteiger partial charge on any atom is 0.253 e. The number of rotatable bonds is 3. The van der Waals surface area contributed by atoms with Crippen molar-refractivity contribution in [2.24, 2.45) is 0 Å². The quantitative estimate of drug-likeness (QED) is 0.691. The molecule has 3 fully saturated rings. The van der Waals surface area contributed by atoms with Gasteiger partial charge in [-0.1, -0.05) is 15.9 Å². The number of ether oxygens (including phenoxy) is 2. The number of hydrogen-bond donors (Lipinski definition) is 0. The van der Waals surface area contributed by atoms with E-state index in [4.69, 9.17) is 9.47 Å². The number of likely N-dealkylation sites (N-methyl/N-ethyl adjacent to an activating group) is 1. The fraction of sp³-hybridized carbons (Fsp3) is 0.650. The second-order valence-electron chi connectivity index (χ2n) is 7.58. The molecule has 27 heavy (non-hydrogen) atoms. The summed E-state index contributed by atoms with van der Waals surface area (Å²) in [6, 6.07) is 7.83. The van der Waals surface area contributed by atoms with Crippen LogP contribution >= 0.6 is 28.3 Å². The van der Waals surface area contributed by atoms with E-state index in [1.165, 1.54) is 12.8 Å². The van der Waals surface area contributed by atoms with Crippen LogP contribution < -0.4 is 0 Å². The van der Waals surface area contributed by atoms with E-state index in [1.54, 1.807) is 0 Å². The molecule has 0 radical (unpaired) electrons. The van der Waals surface area contributed by atoms with Gasteiger partial charge in [-0.2, -0.15) is 0 Å². The molecule has 0 bridgehead atoms. The third-order valence-corrected chi connectivity index (χ3v) is 6.59.